The van der Waals surface area contributed by atoms with E-state index in [-0.39, 0.29) is 5.91 Å². The zero-order valence-corrected chi connectivity index (χ0v) is 14.0. The number of tetrazole rings is 1. The highest BCUT2D eigenvalue weighted by atomic mass is 16.5. The van der Waals surface area contributed by atoms with Crippen molar-refractivity contribution in [2.45, 2.75) is 38.8 Å². The van der Waals surface area contributed by atoms with Crippen molar-refractivity contribution in [2.75, 3.05) is 18.5 Å². The Labute approximate surface area is 145 Å². The van der Waals surface area contributed by atoms with Gasteiger partial charge in [0.15, 0.2) is 5.82 Å². The Bertz CT molecular complexity index is 754. The van der Waals surface area contributed by atoms with Crippen molar-refractivity contribution in [3.63, 3.8) is 0 Å². The van der Waals surface area contributed by atoms with Crippen LogP contribution in [0.1, 0.15) is 30.7 Å². The van der Waals surface area contributed by atoms with E-state index >= 15 is 0 Å². The fraction of sp³-hybridized carbons (Fsp3) is 0.529. The van der Waals surface area contributed by atoms with Crippen molar-refractivity contribution in [3.05, 3.63) is 29.6 Å². The number of amides is 1. The molecular formula is C17H21N5O3. The molecule has 1 aromatic heterocycles. The Balaban J connectivity index is 1.39. The Morgan fingerprint density at radius 1 is 1.28 bits per heavy atom. The third kappa shape index (κ3) is 3.79. The van der Waals surface area contributed by atoms with Gasteiger partial charge in [0.25, 0.3) is 0 Å². The van der Waals surface area contributed by atoms with Crippen molar-refractivity contribution >= 4 is 11.6 Å². The minimum Gasteiger partial charge on any atom is -0.485 e. The second kappa shape index (κ2) is 7.18. The maximum Gasteiger partial charge on any atom is 0.224 e. The molecule has 2 aliphatic rings. The van der Waals surface area contributed by atoms with Gasteiger partial charge in [0, 0.05) is 37.9 Å². The molecule has 0 aliphatic carbocycles. The molecule has 3 heterocycles. The lowest BCUT2D eigenvalue weighted by Crippen LogP contribution is -2.22. The number of carbonyl (C=O) groups excluding carboxylic acids is 1. The quantitative estimate of drug-likeness (QED) is 0.886. The predicted molar refractivity (Wildman–Crippen MR) is 89.1 cm³/mol. The lowest BCUT2D eigenvalue weighted by Gasteiger charge is -2.22. The summed E-state index contributed by atoms with van der Waals surface area (Å²) in [6, 6.07) is 5.77. The maximum atomic E-state index is 11.5. The molecule has 0 unspecified atom stereocenters. The number of hydrogen-bond donors (Lipinski definition) is 1. The smallest absolute Gasteiger partial charge is 0.224 e. The number of nitrogens with zero attached hydrogens (tertiary/aromatic N) is 4. The Morgan fingerprint density at radius 3 is 3.04 bits per heavy atom. The van der Waals surface area contributed by atoms with E-state index in [0.29, 0.717) is 30.5 Å². The molecule has 1 aromatic carbocycles. The van der Waals surface area contributed by atoms with Crippen molar-refractivity contribution in [3.8, 4) is 5.75 Å². The molecule has 0 bridgehead atoms. The van der Waals surface area contributed by atoms with Gasteiger partial charge in [0.05, 0.1) is 0 Å². The monoisotopic (exact) mass is 343 g/mol. The van der Waals surface area contributed by atoms with Crippen LogP contribution in [0.5, 0.6) is 5.75 Å². The molecule has 0 saturated carbocycles. The van der Waals surface area contributed by atoms with Crippen LogP contribution in [0.25, 0.3) is 0 Å². The lowest BCUT2D eigenvalue weighted by atomic mass is 10.0. The molecule has 2 aliphatic heterocycles. The van der Waals surface area contributed by atoms with E-state index in [4.69, 9.17) is 9.47 Å². The summed E-state index contributed by atoms with van der Waals surface area (Å²) in [6.45, 7) is 2.69. The highest BCUT2D eigenvalue weighted by Gasteiger charge is 2.18. The van der Waals surface area contributed by atoms with Crippen LogP contribution in [-0.4, -0.2) is 39.3 Å². The number of rotatable bonds is 5. The predicted octanol–water partition coefficient (Wildman–Crippen LogP) is 1.56. The van der Waals surface area contributed by atoms with E-state index in [1.54, 1.807) is 0 Å². The standard InChI is InChI=1S/C17H21N5O3/c23-17-4-2-13-1-3-14(9-15(13)18-17)25-11-16-19-20-21-22(16)10-12-5-7-24-8-6-12/h1,3,9,12H,2,4-8,10-11H2,(H,18,23). The molecule has 1 N–H and O–H groups in total. The normalized spacial score (nSPS) is 17.8. The summed E-state index contributed by atoms with van der Waals surface area (Å²) in [5.41, 5.74) is 1.96. The van der Waals surface area contributed by atoms with E-state index in [9.17, 15) is 4.79 Å². The van der Waals surface area contributed by atoms with E-state index < -0.39 is 0 Å². The minimum atomic E-state index is 0.0463. The molecule has 2 aromatic rings. The van der Waals surface area contributed by atoms with Gasteiger partial charge < -0.3 is 14.8 Å². The number of hydrogen-bond acceptors (Lipinski definition) is 6. The molecule has 1 saturated heterocycles. The molecule has 1 fully saturated rings. The number of carbonyl (C=O) groups is 1. The Morgan fingerprint density at radius 2 is 2.16 bits per heavy atom. The minimum absolute atomic E-state index is 0.0463. The number of ether oxygens (including phenoxy) is 2. The molecular weight excluding hydrogens is 322 g/mol. The zero-order chi connectivity index (χ0) is 17.1. The molecule has 8 heteroatoms. The van der Waals surface area contributed by atoms with Gasteiger partial charge in [-0.05, 0) is 47.2 Å². The number of aryl methyl sites for hydroxylation is 1. The number of nitrogens with one attached hydrogen (secondary N) is 1. The first-order chi connectivity index (χ1) is 12.3. The molecule has 0 radical (unpaired) electrons. The third-order valence-electron chi connectivity index (χ3n) is 4.72. The van der Waals surface area contributed by atoms with Gasteiger partial charge >= 0.3 is 0 Å². The molecule has 25 heavy (non-hydrogen) atoms. The first-order valence-electron chi connectivity index (χ1n) is 8.66. The summed E-state index contributed by atoms with van der Waals surface area (Å²) in [5, 5.41) is 14.8. The van der Waals surface area contributed by atoms with Crippen LogP contribution in [0, 0.1) is 5.92 Å². The number of benzene rings is 1. The fourth-order valence-electron chi connectivity index (χ4n) is 3.23. The lowest BCUT2D eigenvalue weighted by molar-refractivity contribution is -0.116. The van der Waals surface area contributed by atoms with Crippen LogP contribution in [0.2, 0.25) is 0 Å². The van der Waals surface area contributed by atoms with Gasteiger partial charge in [-0.25, -0.2) is 4.68 Å². The van der Waals surface area contributed by atoms with Crippen LogP contribution in [0.15, 0.2) is 18.2 Å². The second-order valence-electron chi connectivity index (χ2n) is 6.49. The van der Waals surface area contributed by atoms with E-state index in [1.165, 1.54) is 0 Å². The second-order valence-corrected chi connectivity index (χ2v) is 6.49. The van der Waals surface area contributed by atoms with Gasteiger partial charge in [0.2, 0.25) is 5.91 Å². The van der Waals surface area contributed by atoms with Gasteiger partial charge in [-0.15, -0.1) is 5.10 Å². The van der Waals surface area contributed by atoms with Crippen LogP contribution >= 0.6 is 0 Å². The zero-order valence-electron chi connectivity index (χ0n) is 14.0. The number of aromatic nitrogens is 4. The number of anilines is 1. The van der Waals surface area contributed by atoms with E-state index in [1.807, 2.05) is 22.9 Å². The van der Waals surface area contributed by atoms with Crippen LogP contribution in [0.3, 0.4) is 0 Å². The highest BCUT2D eigenvalue weighted by molar-refractivity contribution is 5.94. The summed E-state index contributed by atoms with van der Waals surface area (Å²) in [7, 11) is 0. The van der Waals surface area contributed by atoms with Crippen molar-refractivity contribution < 1.29 is 14.3 Å². The van der Waals surface area contributed by atoms with E-state index in [0.717, 1.165) is 50.3 Å². The molecule has 8 nitrogen and oxygen atoms in total. The summed E-state index contributed by atoms with van der Waals surface area (Å²) in [6.07, 6.45) is 3.37. The Kier molecular flexibility index (Phi) is 4.60. The van der Waals surface area contributed by atoms with Crippen LogP contribution in [-0.2, 0) is 29.1 Å². The van der Waals surface area contributed by atoms with Crippen LogP contribution < -0.4 is 10.1 Å². The summed E-state index contributed by atoms with van der Waals surface area (Å²) < 4.78 is 13.0. The summed E-state index contributed by atoms with van der Waals surface area (Å²) in [5.74, 6) is 1.98. The first-order valence-corrected chi connectivity index (χ1v) is 8.66. The summed E-state index contributed by atoms with van der Waals surface area (Å²) >= 11 is 0. The van der Waals surface area contributed by atoms with Gasteiger partial charge in [-0.1, -0.05) is 6.07 Å². The Hall–Kier alpha value is -2.48. The van der Waals surface area contributed by atoms with Gasteiger partial charge in [-0.3, -0.25) is 4.79 Å². The first kappa shape index (κ1) is 16.0. The van der Waals surface area contributed by atoms with E-state index in [2.05, 4.69) is 20.8 Å². The fourth-order valence-corrected chi connectivity index (χ4v) is 3.23. The summed E-state index contributed by atoms with van der Waals surface area (Å²) in [4.78, 5) is 11.5. The van der Waals surface area contributed by atoms with Crippen molar-refractivity contribution in [1.29, 1.82) is 0 Å². The topological polar surface area (TPSA) is 91.2 Å². The van der Waals surface area contributed by atoms with Gasteiger partial charge in [-0.2, -0.15) is 0 Å². The maximum absolute atomic E-state index is 11.5. The SMILES string of the molecule is O=C1CCc2ccc(OCc3nnnn3CC3CCOCC3)cc2N1. The third-order valence-corrected chi connectivity index (χ3v) is 4.72. The molecule has 0 spiro atoms. The molecule has 132 valence electrons. The number of fused-ring (bicyclic) bond motifs is 1. The average molecular weight is 343 g/mol. The van der Waals surface area contributed by atoms with Crippen molar-refractivity contribution in [2.24, 2.45) is 5.92 Å². The average Bonchev–Trinajstić information content (AvgIpc) is 3.07. The van der Waals surface area contributed by atoms with Crippen molar-refractivity contribution in [1.82, 2.24) is 20.2 Å². The van der Waals surface area contributed by atoms with Crippen LogP contribution in [0.4, 0.5) is 5.69 Å². The largest absolute Gasteiger partial charge is 0.485 e. The highest BCUT2D eigenvalue weighted by Crippen LogP contribution is 2.27. The molecule has 0 atom stereocenters. The van der Waals surface area contributed by atoms with Gasteiger partial charge in [0.1, 0.15) is 12.4 Å². The molecule has 1 amide bonds. The molecule has 4 rings (SSSR count).